The topological polar surface area (TPSA) is 80.3 Å². The van der Waals surface area contributed by atoms with Crippen LogP contribution in [0.2, 0.25) is 5.02 Å². The zero-order valence-corrected chi connectivity index (χ0v) is 17.5. The Morgan fingerprint density at radius 1 is 1.37 bits per heavy atom. The SMILES string of the molecule is CC(C)(C)OC(=O)n1cc2c(n1)N=C(CBr)C(C#N)C2c1ccccc1Cl. The average molecular weight is 450 g/mol. The second-order valence-electron chi connectivity index (χ2n) is 7.18. The summed E-state index contributed by atoms with van der Waals surface area (Å²) in [6, 6.07) is 9.69. The van der Waals surface area contributed by atoms with Gasteiger partial charge in [-0.05, 0) is 32.4 Å². The van der Waals surface area contributed by atoms with Crippen molar-refractivity contribution in [3.8, 4) is 6.07 Å². The Hall–Kier alpha value is -2.17. The van der Waals surface area contributed by atoms with E-state index in [1.165, 1.54) is 0 Å². The van der Waals surface area contributed by atoms with Crippen LogP contribution in [0.15, 0.2) is 35.5 Å². The number of rotatable bonds is 2. The minimum atomic E-state index is -0.648. The molecule has 6 nitrogen and oxygen atoms in total. The van der Waals surface area contributed by atoms with Crippen molar-refractivity contribution < 1.29 is 9.53 Å². The van der Waals surface area contributed by atoms with Crippen LogP contribution in [-0.2, 0) is 4.74 Å². The number of fused-ring (bicyclic) bond motifs is 1. The first kappa shape index (κ1) is 19.6. The summed E-state index contributed by atoms with van der Waals surface area (Å²) in [5, 5.41) is 15.1. The van der Waals surface area contributed by atoms with Crippen LogP contribution in [-0.4, -0.2) is 32.5 Å². The maximum absolute atomic E-state index is 12.4. The van der Waals surface area contributed by atoms with Crippen LogP contribution in [0, 0.1) is 17.2 Å². The van der Waals surface area contributed by atoms with Gasteiger partial charge >= 0.3 is 6.09 Å². The van der Waals surface area contributed by atoms with Gasteiger partial charge in [0.1, 0.15) is 5.60 Å². The fourth-order valence-electron chi connectivity index (χ4n) is 3.00. The predicted octanol–water partition coefficient (Wildman–Crippen LogP) is 5.07. The zero-order chi connectivity index (χ0) is 19.8. The van der Waals surface area contributed by atoms with Gasteiger partial charge in [0.15, 0.2) is 5.82 Å². The third-order valence-corrected chi connectivity index (χ3v) is 5.01. The largest absolute Gasteiger partial charge is 0.442 e. The van der Waals surface area contributed by atoms with Gasteiger partial charge in [-0.25, -0.2) is 9.79 Å². The first-order valence-electron chi connectivity index (χ1n) is 8.35. The van der Waals surface area contributed by atoms with E-state index in [-0.39, 0.29) is 5.92 Å². The summed E-state index contributed by atoms with van der Waals surface area (Å²) in [6.07, 6.45) is 0.981. The lowest BCUT2D eigenvalue weighted by atomic mass is 9.78. The number of aliphatic imine (C=N–C) groups is 1. The minimum Gasteiger partial charge on any atom is -0.442 e. The van der Waals surface area contributed by atoms with Crippen LogP contribution < -0.4 is 0 Å². The highest BCUT2D eigenvalue weighted by Crippen LogP contribution is 2.44. The Bertz CT molecular complexity index is 955. The molecule has 0 amide bonds. The van der Waals surface area contributed by atoms with Gasteiger partial charge < -0.3 is 4.74 Å². The van der Waals surface area contributed by atoms with E-state index in [1.54, 1.807) is 33.0 Å². The summed E-state index contributed by atoms with van der Waals surface area (Å²) >= 11 is 9.81. The van der Waals surface area contributed by atoms with E-state index in [9.17, 15) is 10.1 Å². The number of hydrogen-bond donors (Lipinski definition) is 0. The Balaban J connectivity index is 2.13. The van der Waals surface area contributed by atoms with Crippen molar-refractivity contribution in [1.29, 1.82) is 5.26 Å². The van der Waals surface area contributed by atoms with Crippen LogP contribution in [0.1, 0.15) is 37.8 Å². The van der Waals surface area contributed by atoms with E-state index in [0.717, 1.165) is 10.2 Å². The molecular formula is C19H18BrClN4O2. The number of hydrogen-bond acceptors (Lipinski definition) is 5. The number of benzene rings is 1. The Kier molecular flexibility index (Phi) is 5.41. The molecule has 0 N–H and O–H groups in total. The van der Waals surface area contributed by atoms with Crippen LogP contribution in [0.4, 0.5) is 10.6 Å². The predicted molar refractivity (Wildman–Crippen MR) is 107 cm³/mol. The lowest BCUT2D eigenvalue weighted by molar-refractivity contribution is 0.0514. The summed E-state index contributed by atoms with van der Waals surface area (Å²) in [5.41, 5.74) is 1.46. The molecule has 1 aromatic carbocycles. The highest BCUT2D eigenvalue weighted by atomic mass is 79.9. The number of carbonyl (C=O) groups is 1. The molecule has 2 atom stereocenters. The van der Waals surface area contributed by atoms with E-state index in [4.69, 9.17) is 16.3 Å². The smallest absolute Gasteiger partial charge is 0.435 e. The molecule has 27 heavy (non-hydrogen) atoms. The number of carbonyl (C=O) groups excluding carboxylic acids is 1. The third-order valence-electron chi connectivity index (χ3n) is 4.10. The van der Waals surface area contributed by atoms with Gasteiger partial charge in [-0.3, -0.25) is 0 Å². The molecule has 8 heteroatoms. The van der Waals surface area contributed by atoms with E-state index < -0.39 is 17.6 Å². The van der Waals surface area contributed by atoms with Gasteiger partial charge in [-0.15, -0.1) is 5.10 Å². The summed E-state index contributed by atoms with van der Waals surface area (Å²) in [6.45, 7) is 5.36. The molecule has 1 aliphatic heterocycles. The van der Waals surface area contributed by atoms with Crippen molar-refractivity contribution in [2.75, 3.05) is 5.33 Å². The number of ether oxygens (including phenoxy) is 1. The monoisotopic (exact) mass is 448 g/mol. The van der Waals surface area contributed by atoms with Gasteiger partial charge in [0, 0.05) is 33.7 Å². The molecule has 0 bridgehead atoms. The molecule has 0 saturated heterocycles. The van der Waals surface area contributed by atoms with Crippen molar-refractivity contribution in [3.63, 3.8) is 0 Å². The van der Waals surface area contributed by atoms with Crippen LogP contribution in [0.5, 0.6) is 0 Å². The third kappa shape index (κ3) is 3.92. The normalized spacial score (nSPS) is 19.0. The van der Waals surface area contributed by atoms with E-state index >= 15 is 0 Å². The molecule has 2 heterocycles. The molecule has 1 aliphatic rings. The number of halogens is 2. The van der Waals surface area contributed by atoms with Gasteiger partial charge in [-0.2, -0.15) is 9.94 Å². The summed E-state index contributed by atoms with van der Waals surface area (Å²) in [5.74, 6) is -0.500. The van der Waals surface area contributed by atoms with Crippen LogP contribution in [0.3, 0.4) is 0 Å². The number of nitriles is 1. The maximum Gasteiger partial charge on any atom is 0.435 e. The first-order chi connectivity index (χ1) is 12.7. The lowest BCUT2D eigenvalue weighted by Gasteiger charge is -2.26. The van der Waals surface area contributed by atoms with Crippen molar-refractivity contribution >= 4 is 45.2 Å². The van der Waals surface area contributed by atoms with Crippen molar-refractivity contribution in [2.45, 2.75) is 32.3 Å². The fraction of sp³-hybridized carbons (Fsp3) is 0.368. The quantitative estimate of drug-likeness (QED) is 0.599. The molecule has 0 fully saturated rings. The highest BCUT2D eigenvalue weighted by molar-refractivity contribution is 9.09. The summed E-state index contributed by atoms with van der Waals surface area (Å²) < 4.78 is 6.52. The zero-order valence-electron chi connectivity index (χ0n) is 15.1. The molecule has 0 spiro atoms. The molecule has 2 aromatic rings. The molecule has 0 radical (unpaired) electrons. The summed E-state index contributed by atoms with van der Waals surface area (Å²) in [4.78, 5) is 16.9. The molecule has 3 rings (SSSR count). The Labute approximate surface area is 170 Å². The van der Waals surface area contributed by atoms with Gasteiger partial charge in [-0.1, -0.05) is 45.7 Å². The minimum absolute atomic E-state index is 0.375. The molecule has 2 unspecified atom stereocenters. The van der Waals surface area contributed by atoms with Crippen LogP contribution in [0.25, 0.3) is 0 Å². The molecule has 0 aliphatic carbocycles. The number of aromatic nitrogens is 2. The average Bonchev–Trinajstić information content (AvgIpc) is 3.03. The maximum atomic E-state index is 12.4. The summed E-state index contributed by atoms with van der Waals surface area (Å²) in [7, 11) is 0. The molecule has 1 aromatic heterocycles. The van der Waals surface area contributed by atoms with Gasteiger partial charge in [0.2, 0.25) is 0 Å². The fourth-order valence-corrected chi connectivity index (χ4v) is 3.73. The lowest BCUT2D eigenvalue weighted by Crippen LogP contribution is -2.27. The van der Waals surface area contributed by atoms with Crippen molar-refractivity contribution in [3.05, 3.63) is 46.6 Å². The van der Waals surface area contributed by atoms with Crippen LogP contribution >= 0.6 is 27.5 Å². The van der Waals surface area contributed by atoms with Crippen molar-refractivity contribution in [2.24, 2.45) is 10.9 Å². The second kappa shape index (κ2) is 7.45. The Morgan fingerprint density at radius 3 is 2.67 bits per heavy atom. The van der Waals surface area contributed by atoms with E-state index in [1.807, 2.05) is 18.2 Å². The number of alkyl halides is 1. The highest BCUT2D eigenvalue weighted by Gasteiger charge is 2.37. The van der Waals surface area contributed by atoms with E-state index in [2.05, 4.69) is 32.1 Å². The first-order valence-corrected chi connectivity index (χ1v) is 9.85. The molecular weight excluding hydrogens is 432 g/mol. The second-order valence-corrected chi connectivity index (χ2v) is 8.14. The number of nitrogens with zero attached hydrogens (tertiary/aromatic N) is 4. The van der Waals surface area contributed by atoms with Gasteiger partial charge in [0.25, 0.3) is 0 Å². The standard InChI is InChI=1S/C19H18BrClN4O2/c1-19(2,3)27-18(26)25-10-13-16(11-6-4-5-7-14(11)21)12(9-22)15(8-20)23-17(13)24-25/h4-7,10,12,16H,8H2,1-3H3. The molecule has 140 valence electrons. The molecule has 0 saturated carbocycles. The van der Waals surface area contributed by atoms with Crippen molar-refractivity contribution in [1.82, 2.24) is 9.78 Å². The Morgan fingerprint density at radius 2 is 2.07 bits per heavy atom. The van der Waals surface area contributed by atoms with Gasteiger partial charge in [0.05, 0.1) is 12.0 Å². The van der Waals surface area contributed by atoms with E-state index in [0.29, 0.717) is 27.4 Å².